The Kier molecular flexibility index (Phi) is 6.09. The summed E-state index contributed by atoms with van der Waals surface area (Å²) < 4.78 is 49.3. The molecular weight excluding hydrogens is 475 g/mol. The van der Waals surface area contributed by atoms with Crippen LogP contribution in [0.1, 0.15) is 42.2 Å². The van der Waals surface area contributed by atoms with E-state index in [1.807, 2.05) is 0 Å². The van der Waals surface area contributed by atoms with Gasteiger partial charge in [-0.05, 0) is 43.9 Å². The van der Waals surface area contributed by atoms with E-state index in [4.69, 9.17) is 4.74 Å². The molecular formula is C25H26F3N5O3. The zero-order valence-corrected chi connectivity index (χ0v) is 19.9. The topological polar surface area (TPSA) is 100 Å². The number of carbonyl (C=O) groups excluding carboxylic acids is 2. The maximum absolute atomic E-state index is 14.6. The van der Waals surface area contributed by atoms with Crippen molar-refractivity contribution in [2.24, 2.45) is 5.92 Å². The molecule has 1 saturated heterocycles. The molecule has 11 heteroatoms. The second-order valence-electron chi connectivity index (χ2n) is 9.38. The number of nitrogens with one attached hydrogen (secondary N) is 2. The Labute approximate surface area is 205 Å². The first kappa shape index (κ1) is 24.1. The van der Waals surface area contributed by atoms with Crippen LogP contribution in [0.5, 0.6) is 5.75 Å². The number of H-pyrrole nitrogens is 1. The molecule has 190 valence electrons. The van der Waals surface area contributed by atoms with Gasteiger partial charge in [-0.3, -0.25) is 9.59 Å². The lowest BCUT2D eigenvalue weighted by Crippen LogP contribution is -2.46. The number of aromatic nitrogens is 3. The van der Waals surface area contributed by atoms with Gasteiger partial charge in [-0.25, -0.2) is 23.1 Å². The summed E-state index contributed by atoms with van der Waals surface area (Å²) in [5, 5.41) is 2.38. The van der Waals surface area contributed by atoms with Crippen molar-refractivity contribution in [3.8, 4) is 17.0 Å². The molecule has 1 aromatic carbocycles. The number of rotatable bonds is 7. The first-order valence-electron chi connectivity index (χ1n) is 11.9. The predicted molar refractivity (Wildman–Crippen MR) is 125 cm³/mol. The standard InChI is InChI=1S/C25H26F3N5O3/c1-3-19(34)33-9-18(25(27,28)11-33)32-24(35)20-13(2)31-23-21(29-12-30-22(20)23)16-8-15(26)6-7-17(16)36-10-14-4-5-14/h6-8,12,14,18,31H,3-5,9-11H2,1-2H3,(H,32,35)/t18-/m1/s1. The number of carbonyl (C=O) groups is 2. The molecule has 0 bridgehead atoms. The van der Waals surface area contributed by atoms with Gasteiger partial charge in [0.05, 0.1) is 24.2 Å². The molecule has 5 rings (SSSR count). The average Bonchev–Trinajstić information content (AvgIpc) is 3.53. The summed E-state index contributed by atoms with van der Waals surface area (Å²) in [4.78, 5) is 37.8. The maximum Gasteiger partial charge on any atom is 0.286 e. The van der Waals surface area contributed by atoms with Crippen LogP contribution in [0.4, 0.5) is 13.2 Å². The van der Waals surface area contributed by atoms with Gasteiger partial charge in [-0.2, -0.15) is 0 Å². The highest BCUT2D eigenvalue weighted by Gasteiger charge is 2.50. The van der Waals surface area contributed by atoms with Gasteiger partial charge in [-0.1, -0.05) is 6.92 Å². The van der Waals surface area contributed by atoms with Crippen molar-refractivity contribution in [3.63, 3.8) is 0 Å². The molecule has 0 spiro atoms. The first-order valence-corrected chi connectivity index (χ1v) is 11.9. The van der Waals surface area contributed by atoms with E-state index in [0.717, 1.165) is 17.7 Å². The summed E-state index contributed by atoms with van der Waals surface area (Å²) in [5.74, 6) is -3.96. The molecule has 1 atom stereocenters. The Hall–Kier alpha value is -3.63. The number of halogens is 3. The number of nitrogens with zero attached hydrogens (tertiary/aromatic N) is 3. The SMILES string of the molecule is CCC(=O)N1C[C@@H](NC(=O)c2c(C)[nH]c3c(-c4cc(F)ccc4OCC4CC4)ncnc23)C(F)(F)C1. The zero-order valence-electron chi connectivity index (χ0n) is 19.9. The summed E-state index contributed by atoms with van der Waals surface area (Å²) in [7, 11) is 0. The van der Waals surface area contributed by atoms with Gasteiger partial charge in [0.15, 0.2) is 0 Å². The number of benzene rings is 1. The number of ether oxygens (including phenoxy) is 1. The van der Waals surface area contributed by atoms with E-state index in [-0.39, 0.29) is 24.0 Å². The molecule has 8 nitrogen and oxygen atoms in total. The molecule has 0 unspecified atom stereocenters. The molecule has 0 radical (unpaired) electrons. The first-order chi connectivity index (χ1) is 17.2. The van der Waals surface area contributed by atoms with E-state index in [9.17, 15) is 22.8 Å². The minimum Gasteiger partial charge on any atom is -0.493 e. The monoisotopic (exact) mass is 501 g/mol. The quantitative estimate of drug-likeness (QED) is 0.512. The van der Waals surface area contributed by atoms with E-state index in [0.29, 0.717) is 40.7 Å². The Bertz CT molecular complexity index is 1340. The third-order valence-electron chi connectivity index (χ3n) is 6.64. The third-order valence-corrected chi connectivity index (χ3v) is 6.64. The van der Waals surface area contributed by atoms with Crippen LogP contribution in [0, 0.1) is 18.7 Å². The zero-order chi connectivity index (χ0) is 25.6. The van der Waals surface area contributed by atoms with Gasteiger partial charge in [0.25, 0.3) is 11.8 Å². The lowest BCUT2D eigenvalue weighted by atomic mass is 10.1. The fourth-order valence-corrected chi connectivity index (χ4v) is 4.49. The minimum absolute atomic E-state index is 0.0848. The van der Waals surface area contributed by atoms with E-state index in [1.54, 1.807) is 13.8 Å². The molecule has 1 aliphatic carbocycles. The summed E-state index contributed by atoms with van der Waals surface area (Å²) in [6, 6.07) is 2.61. The Morgan fingerprint density at radius 3 is 2.78 bits per heavy atom. The van der Waals surface area contributed by atoms with Crippen LogP contribution in [0.15, 0.2) is 24.5 Å². The summed E-state index contributed by atoms with van der Waals surface area (Å²) in [5.41, 5.74) is 1.79. The molecule has 2 aromatic heterocycles. The van der Waals surface area contributed by atoms with Crippen molar-refractivity contribution in [1.29, 1.82) is 0 Å². The van der Waals surface area contributed by atoms with Gasteiger partial charge < -0.3 is 19.9 Å². The van der Waals surface area contributed by atoms with E-state index < -0.39 is 36.1 Å². The largest absolute Gasteiger partial charge is 0.493 e. The van der Waals surface area contributed by atoms with Crippen LogP contribution in [0.3, 0.4) is 0 Å². The van der Waals surface area contributed by atoms with Crippen LogP contribution < -0.4 is 10.1 Å². The van der Waals surface area contributed by atoms with Gasteiger partial charge in [-0.15, -0.1) is 0 Å². The number of fused-ring (bicyclic) bond motifs is 1. The molecule has 1 aliphatic heterocycles. The number of aryl methyl sites for hydroxylation is 1. The lowest BCUT2D eigenvalue weighted by molar-refractivity contribution is -0.131. The highest BCUT2D eigenvalue weighted by atomic mass is 19.3. The van der Waals surface area contributed by atoms with Crippen LogP contribution >= 0.6 is 0 Å². The van der Waals surface area contributed by atoms with Gasteiger partial charge >= 0.3 is 0 Å². The minimum atomic E-state index is -3.27. The third kappa shape index (κ3) is 4.49. The van der Waals surface area contributed by atoms with E-state index in [1.165, 1.54) is 24.5 Å². The number of alkyl halides is 2. The molecule has 2 amide bonds. The second kappa shape index (κ2) is 9.11. The van der Waals surface area contributed by atoms with Crippen molar-refractivity contribution in [1.82, 2.24) is 25.2 Å². The molecule has 1 saturated carbocycles. The molecule has 36 heavy (non-hydrogen) atoms. The number of hydrogen-bond acceptors (Lipinski definition) is 5. The molecule has 2 aliphatic rings. The van der Waals surface area contributed by atoms with Crippen LogP contribution in [0.2, 0.25) is 0 Å². The van der Waals surface area contributed by atoms with E-state index >= 15 is 0 Å². The molecule has 2 fully saturated rings. The lowest BCUT2D eigenvalue weighted by Gasteiger charge is -2.18. The highest BCUT2D eigenvalue weighted by Crippen LogP contribution is 2.37. The van der Waals surface area contributed by atoms with Crippen molar-refractivity contribution >= 4 is 22.8 Å². The second-order valence-corrected chi connectivity index (χ2v) is 9.38. The normalized spacial score (nSPS) is 19.0. The number of likely N-dealkylation sites (tertiary alicyclic amines) is 1. The van der Waals surface area contributed by atoms with Crippen LogP contribution in [0.25, 0.3) is 22.3 Å². The summed E-state index contributed by atoms with van der Waals surface area (Å²) in [6.45, 7) is 2.71. The van der Waals surface area contributed by atoms with Crippen LogP contribution in [-0.2, 0) is 4.79 Å². The maximum atomic E-state index is 14.6. The Morgan fingerprint density at radius 2 is 2.06 bits per heavy atom. The van der Waals surface area contributed by atoms with Crippen molar-refractivity contribution < 1.29 is 27.5 Å². The van der Waals surface area contributed by atoms with E-state index in [2.05, 4.69) is 20.3 Å². The Balaban J connectivity index is 1.47. The summed E-state index contributed by atoms with van der Waals surface area (Å²) in [6.07, 6.45) is 3.52. The number of amides is 2. The van der Waals surface area contributed by atoms with Crippen molar-refractivity contribution in [3.05, 3.63) is 41.6 Å². The highest BCUT2D eigenvalue weighted by molar-refractivity contribution is 6.09. The Morgan fingerprint density at radius 1 is 1.28 bits per heavy atom. The molecule has 2 N–H and O–H groups in total. The van der Waals surface area contributed by atoms with Gasteiger partial charge in [0.1, 0.15) is 35.1 Å². The van der Waals surface area contributed by atoms with Crippen molar-refractivity contribution in [2.45, 2.75) is 45.1 Å². The molecule has 3 heterocycles. The smallest absolute Gasteiger partial charge is 0.286 e. The fourth-order valence-electron chi connectivity index (χ4n) is 4.49. The number of aromatic amines is 1. The molecule has 3 aromatic rings. The average molecular weight is 502 g/mol. The predicted octanol–water partition coefficient (Wildman–Crippen LogP) is 3.85. The van der Waals surface area contributed by atoms with Gasteiger partial charge in [0.2, 0.25) is 5.91 Å². The fraction of sp³-hybridized carbons (Fsp3) is 0.440. The number of hydrogen-bond donors (Lipinski definition) is 2. The van der Waals surface area contributed by atoms with Crippen LogP contribution in [-0.4, -0.2) is 63.3 Å². The summed E-state index contributed by atoms with van der Waals surface area (Å²) >= 11 is 0. The van der Waals surface area contributed by atoms with Gasteiger partial charge in [0, 0.05) is 24.2 Å². The van der Waals surface area contributed by atoms with Crippen molar-refractivity contribution in [2.75, 3.05) is 19.7 Å².